The number of carbonyl (C=O) groups excluding carboxylic acids is 2. The second kappa shape index (κ2) is 7.18. The number of methoxy groups -OCH3 is 1. The van der Waals surface area contributed by atoms with Gasteiger partial charge in [0.05, 0.1) is 29.2 Å². The summed E-state index contributed by atoms with van der Waals surface area (Å²) < 4.78 is 32.5. The first-order valence-electron chi connectivity index (χ1n) is 6.81. The van der Waals surface area contributed by atoms with Crippen molar-refractivity contribution in [3.05, 3.63) is 28.8 Å². The minimum absolute atomic E-state index is 0.0483. The van der Waals surface area contributed by atoms with Crippen LogP contribution in [-0.2, 0) is 19.4 Å². The Bertz CT molecular complexity index is 718. The lowest BCUT2D eigenvalue weighted by molar-refractivity contribution is -0.123. The quantitative estimate of drug-likeness (QED) is 0.779. The molecule has 7 nitrogen and oxygen atoms in total. The second-order valence-electron chi connectivity index (χ2n) is 5.09. The Hall–Kier alpha value is -1.80. The van der Waals surface area contributed by atoms with E-state index in [1.807, 2.05) is 0 Å². The molecule has 1 aliphatic heterocycles. The molecule has 1 aromatic carbocycles. The van der Waals surface area contributed by atoms with Gasteiger partial charge in [0.2, 0.25) is 0 Å². The molecule has 1 atom stereocenters. The molecule has 1 N–H and O–H groups in total. The minimum atomic E-state index is -3.05. The van der Waals surface area contributed by atoms with Crippen LogP contribution in [0.1, 0.15) is 16.8 Å². The lowest BCUT2D eigenvalue weighted by Crippen LogP contribution is -2.38. The molecule has 126 valence electrons. The molecule has 2 rings (SSSR count). The van der Waals surface area contributed by atoms with Gasteiger partial charge in [0.15, 0.2) is 16.4 Å². The predicted octanol–water partition coefficient (Wildman–Crippen LogP) is 0.809. The number of hydrogen-bond donors (Lipinski definition) is 1. The molecule has 1 saturated heterocycles. The number of nitrogens with one attached hydrogen (secondary N) is 1. The zero-order valence-electron chi connectivity index (χ0n) is 12.4. The Morgan fingerprint density at radius 1 is 1.39 bits per heavy atom. The molecule has 0 radical (unpaired) electrons. The fourth-order valence-corrected chi connectivity index (χ4v) is 4.09. The van der Waals surface area contributed by atoms with Gasteiger partial charge in [0, 0.05) is 6.04 Å². The normalized spacial score (nSPS) is 19.1. The number of rotatable bonds is 5. The predicted molar refractivity (Wildman–Crippen MR) is 83.5 cm³/mol. The molecule has 1 aliphatic rings. The molecular formula is C14H16ClNO6S. The van der Waals surface area contributed by atoms with Crippen molar-refractivity contribution in [2.24, 2.45) is 0 Å². The van der Waals surface area contributed by atoms with Crippen LogP contribution in [0.5, 0.6) is 5.75 Å². The summed E-state index contributed by atoms with van der Waals surface area (Å²) in [5.41, 5.74) is 0.269. The summed E-state index contributed by atoms with van der Waals surface area (Å²) >= 11 is 5.98. The Labute approximate surface area is 138 Å². The molecule has 1 heterocycles. The van der Waals surface area contributed by atoms with Crippen molar-refractivity contribution in [3.63, 3.8) is 0 Å². The van der Waals surface area contributed by atoms with Crippen LogP contribution in [0.3, 0.4) is 0 Å². The van der Waals surface area contributed by atoms with Crippen LogP contribution < -0.4 is 10.1 Å². The van der Waals surface area contributed by atoms with Gasteiger partial charge < -0.3 is 14.8 Å². The summed E-state index contributed by atoms with van der Waals surface area (Å²) in [6.45, 7) is -0.298. The molecule has 0 saturated carbocycles. The highest BCUT2D eigenvalue weighted by Gasteiger charge is 2.28. The second-order valence-corrected chi connectivity index (χ2v) is 7.73. The molecule has 1 fully saturated rings. The van der Waals surface area contributed by atoms with Gasteiger partial charge in [-0.25, -0.2) is 13.2 Å². The van der Waals surface area contributed by atoms with E-state index in [-0.39, 0.29) is 40.5 Å². The van der Waals surface area contributed by atoms with Crippen LogP contribution in [-0.4, -0.2) is 51.6 Å². The van der Waals surface area contributed by atoms with Crippen molar-refractivity contribution < 1.29 is 27.5 Å². The maximum Gasteiger partial charge on any atom is 0.337 e. The molecule has 9 heteroatoms. The van der Waals surface area contributed by atoms with E-state index in [1.165, 1.54) is 25.3 Å². The third kappa shape index (κ3) is 4.84. The molecule has 1 aromatic rings. The van der Waals surface area contributed by atoms with Gasteiger partial charge in [-0.2, -0.15) is 0 Å². The summed E-state index contributed by atoms with van der Waals surface area (Å²) in [4.78, 5) is 23.1. The zero-order valence-corrected chi connectivity index (χ0v) is 13.9. The number of hydrogen-bond acceptors (Lipinski definition) is 6. The average molecular weight is 362 g/mol. The first-order valence-corrected chi connectivity index (χ1v) is 9.01. The van der Waals surface area contributed by atoms with Crippen molar-refractivity contribution in [1.29, 1.82) is 0 Å². The lowest BCUT2D eigenvalue weighted by atomic mass is 10.2. The topological polar surface area (TPSA) is 98.8 Å². The van der Waals surface area contributed by atoms with Gasteiger partial charge in [0.1, 0.15) is 5.75 Å². The largest absolute Gasteiger partial charge is 0.482 e. The summed E-state index contributed by atoms with van der Waals surface area (Å²) in [6, 6.07) is 3.92. The van der Waals surface area contributed by atoms with Crippen LogP contribution in [0, 0.1) is 0 Å². The Kier molecular flexibility index (Phi) is 5.48. The highest BCUT2D eigenvalue weighted by atomic mass is 35.5. The first kappa shape index (κ1) is 17.6. The molecule has 0 aliphatic carbocycles. The summed E-state index contributed by atoms with van der Waals surface area (Å²) in [7, 11) is -1.79. The molecule has 1 amide bonds. The smallest absolute Gasteiger partial charge is 0.337 e. The number of carbonyl (C=O) groups is 2. The highest BCUT2D eigenvalue weighted by Crippen LogP contribution is 2.25. The Balaban J connectivity index is 1.88. The van der Waals surface area contributed by atoms with Crippen LogP contribution in [0.2, 0.25) is 5.02 Å². The van der Waals surface area contributed by atoms with Crippen molar-refractivity contribution in [1.82, 2.24) is 5.32 Å². The number of esters is 1. The zero-order chi connectivity index (χ0) is 17.0. The SMILES string of the molecule is COC(=O)c1ccc(OCC(=O)N[C@H]2CCS(=O)(=O)C2)c(Cl)c1. The summed E-state index contributed by atoms with van der Waals surface area (Å²) in [5, 5.41) is 2.77. The van der Waals surface area contributed by atoms with E-state index in [4.69, 9.17) is 16.3 Å². The molecule has 0 unspecified atom stereocenters. The number of ether oxygens (including phenoxy) is 2. The number of halogens is 1. The maximum atomic E-state index is 11.8. The van der Waals surface area contributed by atoms with Crippen LogP contribution in [0.25, 0.3) is 0 Å². The molecular weight excluding hydrogens is 346 g/mol. The highest BCUT2D eigenvalue weighted by molar-refractivity contribution is 7.91. The Morgan fingerprint density at radius 3 is 2.70 bits per heavy atom. The molecule has 0 aromatic heterocycles. The van der Waals surface area contributed by atoms with Crippen LogP contribution in [0.15, 0.2) is 18.2 Å². The fraction of sp³-hybridized carbons (Fsp3) is 0.429. The van der Waals surface area contributed by atoms with E-state index in [2.05, 4.69) is 10.1 Å². The van der Waals surface area contributed by atoms with Gasteiger partial charge in [-0.1, -0.05) is 11.6 Å². The van der Waals surface area contributed by atoms with E-state index in [9.17, 15) is 18.0 Å². The summed E-state index contributed by atoms with van der Waals surface area (Å²) in [6.07, 6.45) is 0.405. The van der Waals surface area contributed by atoms with E-state index in [0.717, 1.165) is 0 Å². The summed E-state index contributed by atoms with van der Waals surface area (Å²) in [5.74, 6) is -0.681. The van der Waals surface area contributed by atoms with Crippen molar-refractivity contribution in [2.75, 3.05) is 25.2 Å². The van der Waals surface area contributed by atoms with E-state index < -0.39 is 21.7 Å². The van der Waals surface area contributed by atoms with Gasteiger partial charge in [0.25, 0.3) is 5.91 Å². The van der Waals surface area contributed by atoms with E-state index in [0.29, 0.717) is 6.42 Å². The van der Waals surface area contributed by atoms with Gasteiger partial charge in [-0.15, -0.1) is 0 Å². The monoisotopic (exact) mass is 361 g/mol. The van der Waals surface area contributed by atoms with Crippen molar-refractivity contribution in [3.8, 4) is 5.75 Å². The molecule has 23 heavy (non-hydrogen) atoms. The molecule has 0 bridgehead atoms. The fourth-order valence-electron chi connectivity index (χ4n) is 2.18. The number of amides is 1. The average Bonchev–Trinajstić information content (AvgIpc) is 2.83. The van der Waals surface area contributed by atoms with Crippen molar-refractivity contribution >= 4 is 33.3 Å². The third-order valence-corrected chi connectivity index (χ3v) is 5.37. The van der Waals surface area contributed by atoms with E-state index in [1.54, 1.807) is 0 Å². The maximum absolute atomic E-state index is 11.8. The third-order valence-electron chi connectivity index (χ3n) is 3.31. The number of benzene rings is 1. The first-order chi connectivity index (χ1) is 10.8. The van der Waals surface area contributed by atoms with Crippen LogP contribution >= 0.6 is 11.6 Å². The van der Waals surface area contributed by atoms with Gasteiger partial charge in [-0.3, -0.25) is 4.79 Å². The van der Waals surface area contributed by atoms with Crippen molar-refractivity contribution in [2.45, 2.75) is 12.5 Å². The Morgan fingerprint density at radius 2 is 2.13 bits per heavy atom. The van der Waals surface area contributed by atoms with Gasteiger partial charge >= 0.3 is 5.97 Å². The standard InChI is InChI=1S/C14H16ClNO6S/c1-21-14(18)9-2-3-12(11(15)6-9)22-7-13(17)16-10-4-5-23(19,20)8-10/h2-3,6,10H,4-5,7-8H2,1H3,(H,16,17)/t10-/m0/s1. The van der Waals surface area contributed by atoms with E-state index >= 15 is 0 Å². The molecule has 0 spiro atoms. The van der Waals surface area contributed by atoms with Gasteiger partial charge in [-0.05, 0) is 24.6 Å². The number of sulfone groups is 1. The lowest BCUT2D eigenvalue weighted by Gasteiger charge is -2.12. The van der Waals surface area contributed by atoms with Crippen LogP contribution in [0.4, 0.5) is 0 Å². The minimum Gasteiger partial charge on any atom is -0.482 e.